The molecule has 1 saturated heterocycles. The molecule has 1 aliphatic heterocycles. The normalized spacial score (nSPS) is 21.7. The number of hydrogen-bond donors (Lipinski definition) is 2. The molecule has 0 saturated carbocycles. The van der Waals surface area contributed by atoms with Gasteiger partial charge in [0.15, 0.2) is 11.2 Å². The first-order valence-electron chi connectivity index (χ1n) is 11.6. The monoisotopic (exact) mass is 456 g/mol. The second-order valence-corrected chi connectivity index (χ2v) is 9.10. The lowest BCUT2D eigenvalue weighted by atomic mass is 10.1. The summed E-state index contributed by atoms with van der Waals surface area (Å²) in [6, 6.07) is 0. The molecule has 33 heavy (non-hydrogen) atoms. The van der Waals surface area contributed by atoms with Crippen molar-refractivity contribution >= 4 is 11.2 Å². The number of allylic oxidation sites excluding steroid dienone is 6. The van der Waals surface area contributed by atoms with Crippen LogP contribution in [0.1, 0.15) is 66.0 Å². The number of nitrogens with zero attached hydrogens (tertiary/aromatic N) is 4. The third kappa shape index (κ3) is 6.50. The fourth-order valence-corrected chi connectivity index (χ4v) is 3.93. The third-order valence-corrected chi connectivity index (χ3v) is 6.00. The molecule has 0 bridgehead atoms. The molecule has 2 aromatic rings. The molecular weight excluding hydrogens is 420 g/mol. The first-order chi connectivity index (χ1) is 15.8. The maximum Gasteiger partial charge on any atom is 0.281 e. The lowest BCUT2D eigenvalue weighted by molar-refractivity contribution is -0.0432. The molecule has 3 heterocycles. The molecule has 3 unspecified atom stereocenters. The topological polar surface area (TPSA) is 102 Å². The minimum Gasteiger partial charge on any atom is -0.394 e. The van der Waals surface area contributed by atoms with E-state index >= 15 is 0 Å². The van der Waals surface area contributed by atoms with E-state index in [1.54, 1.807) is 9.13 Å². The average Bonchev–Trinajstić information content (AvgIpc) is 3.36. The molecule has 1 fully saturated rings. The molecule has 3 rings (SSSR count). The highest BCUT2D eigenvalue weighted by Gasteiger charge is 2.35. The van der Waals surface area contributed by atoms with Crippen LogP contribution < -0.4 is 5.56 Å². The van der Waals surface area contributed by atoms with Crippen LogP contribution in [0.3, 0.4) is 0 Å². The summed E-state index contributed by atoms with van der Waals surface area (Å²) in [5, 5.41) is 19.3. The van der Waals surface area contributed by atoms with Gasteiger partial charge in [-0.3, -0.25) is 13.9 Å². The number of aromatic nitrogens is 4. The SMILES string of the molecule is CC(C)=CCC/C(C)=C/CC/C(C)=C/Cn1cnc2c(ncn2C2CC(O)C(CO)O2)c1=O. The zero-order valence-electron chi connectivity index (χ0n) is 20.1. The molecule has 0 spiro atoms. The van der Waals surface area contributed by atoms with Crippen LogP contribution in [0.25, 0.3) is 11.2 Å². The summed E-state index contributed by atoms with van der Waals surface area (Å²) < 4.78 is 8.86. The summed E-state index contributed by atoms with van der Waals surface area (Å²) in [5.41, 5.74) is 4.47. The fourth-order valence-electron chi connectivity index (χ4n) is 3.93. The van der Waals surface area contributed by atoms with Gasteiger partial charge >= 0.3 is 0 Å². The van der Waals surface area contributed by atoms with Gasteiger partial charge in [-0.1, -0.05) is 34.9 Å². The summed E-state index contributed by atoms with van der Waals surface area (Å²) in [6.07, 6.45) is 12.2. The molecular formula is C25H36N4O4. The highest BCUT2D eigenvalue weighted by Crippen LogP contribution is 2.30. The largest absolute Gasteiger partial charge is 0.394 e. The van der Waals surface area contributed by atoms with Gasteiger partial charge in [-0.2, -0.15) is 0 Å². The summed E-state index contributed by atoms with van der Waals surface area (Å²) in [5.74, 6) is 0. The van der Waals surface area contributed by atoms with Crippen LogP contribution in [0.2, 0.25) is 0 Å². The molecule has 3 atom stereocenters. The van der Waals surface area contributed by atoms with Gasteiger partial charge in [-0.25, -0.2) is 9.97 Å². The van der Waals surface area contributed by atoms with E-state index in [0.717, 1.165) is 25.7 Å². The number of ether oxygens (including phenoxy) is 1. The van der Waals surface area contributed by atoms with E-state index in [4.69, 9.17) is 4.74 Å². The molecule has 8 heteroatoms. The zero-order chi connectivity index (χ0) is 24.0. The number of aliphatic hydroxyl groups is 2. The summed E-state index contributed by atoms with van der Waals surface area (Å²) in [4.78, 5) is 21.5. The molecule has 2 N–H and O–H groups in total. The predicted molar refractivity (Wildman–Crippen MR) is 129 cm³/mol. The van der Waals surface area contributed by atoms with Crippen molar-refractivity contribution in [2.75, 3.05) is 6.61 Å². The molecule has 180 valence electrons. The Hall–Kier alpha value is -2.55. The zero-order valence-corrected chi connectivity index (χ0v) is 20.1. The fraction of sp³-hybridized carbons (Fsp3) is 0.560. The lowest BCUT2D eigenvalue weighted by Gasteiger charge is -2.13. The van der Waals surface area contributed by atoms with Gasteiger partial charge in [0.25, 0.3) is 5.56 Å². The molecule has 0 radical (unpaired) electrons. The van der Waals surface area contributed by atoms with Gasteiger partial charge in [0.05, 0.1) is 19.0 Å². The Balaban J connectivity index is 1.61. The second kappa shape index (κ2) is 11.5. The quantitative estimate of drug-likeness (QED) is 0.529. The predicted octanol–water partition coefficient (Wildman–Crippen LogP) is 3.65. The van der Waals surface area contributed by atoms with Crippen molar-refractivity contribution in [2.45, 2.75) is 84.8 Å². The van der Waals surface area contributed by atoms with Crippen molar-refractivity contribution in [2.24, 2.45) is 0 Å². The Morgan fingerprint density at radius 1 is 1.09 bits per heavy atom. The minimum atomic E-state index is -0.762. The van der Waals surface area contributed by atoms with E-state index in [1.807, 2.05) is 0 Å². The van der Waals surface area contributed by atoms with Crippen LogP contribution >= 0.6 is 0 Å². The average molecular weight is 457 g/mol. The van der Waals surface area contributed by atoms with Crippen LogP contribution in [-0.4, -0.2) is 48.1 Å². The standard InChI is InChI=1S/C25H36N4O4/c1-17(2)7-5-8-18(3)9-6-10-19(4)11-12-28-15-27-24-23(25(28)32)26-16-29(24)22-13-20(31)21(14-30)33-22/h7,9,11,15-16,20-22,30-31H,5-6,8,10,12-14H2,1-4H3/b18-9+,19-11+. The van der Waals surface area contributed by atoms with Gasteiger partial charge in [-0.15, -0.1) is 0 Å². The summed E-state index contributed by atoms with van der Waals surface area (Å²) >= 11 is 0. The molecule has 0 aromatic carbocycles. The van der Waals surface area contributed by atoms with Crippen LogP contribution in [0.5, 0.6) is 0 Å². The van der Waals surface area contributed by atoms with Crippen molar-refractivity contribution in [1.29, 1.82) is 0 Å². The van der Waals surface area contributed by atoms with Crippen molar-refractivity contribution < 1.29 is 14.9 Å². The van der Waals surface area contributed by atoms with Gasteiger partial charge in [0, 0.05) is 13.0 Å². The minimum absolute atomic E-state index is 0.213. The van der Waals surface area contributed by atoms with Crippen molar-refractivity contribution in [1.82, 2.24) is 19.1 Å². The van der Waals surface area contributed by atoms with E-state index in [0.29, 0.717) is 18.6 Å². The number of rotatable bonds is 10. The summed E-state index contributed by atoms with van der Waals surface area (Å²) in [7, 11) is 0. The van der Waals surface area contributed by atoms with Gasteiger partial charge in [-0.05, 0) is 53.4 Å². The first-order valence-corrected chi connectivity index (χ1v) is 11.6. The maximum atomic E-state index is 12.9. The van der Waals surface area contributed by atoms with Crippen LogP contribution in [0.4, 0.5) is 0 Å². The van der Waals surface area contributed by atoms with Crippen LogP contribution in [-0.2, 0) is 11.3 Å². The molecule has 0 amide bonds. The van der Waals surface area contributed by atoms with E-state index in [9.17, 15) is 15.0 Å². The Kier molecular flexibility index (Phi) is 8.77. The molecule has 8 nitrogen and oxygen atoms in total. The van der Waals surface area contributed by atoms with E-state index in [1.165, 1.54) is 29.4 Å². The Morgan fingerprint density at radius 2 is 1.79 bits per heavy atom. The Bertz CT molecular complexity index is 1090. The Labute approximate surface area is 194 Å². The van der Waals surface area contributed by atoms with Crippen molar-refractivity contribution in [3.8, 4) is 0 Å². The summed E-state index contributed by atoms with van der Waals surface area (Å²) in [6.45, 7) is 8.69. The molecule has 0 aliphatic carbocycles. The van der Waals surface area contributed by atoms with Gasteiger partial charge in [0.2, 0.25) is 0 Å². The van der Waals surface area contributed by atoms with Crippen LogP contribution in [0.15, 0.2) is 52.4 Å². The smallest absolute Gasteiger partial charge is 0.281 e. The van der Waals surface area contributed by atoms with E-state index in [-0.39, 0.29) is 17.7 Å². The number of fused-ring (bicyclic) bond motifs is 1. The van der Waals surface area contributed by atoms with E-state index in [2.05, 4.69) is 55.9 Å². The highest BCUT2D eigenvalue weighted by molar-refractivity contribution is 5.69. The number of aliphatic hydroxyl groups excluding tert-OH is 2. The highest BCUT2D eigenvalue weighted by atomic mass is 16.5. The van der Waals surface area contributed by atoms with Gasteiger partial charge in [0.1, 0.15) is 18.7 Å². The van der Waals surface area contributed by atoms with Crippen molar-refractivity contribution in [3.05, 3.63) is 58.0 Å². The van der Waals surface area contributed by atoms with E-state index < -0.39 is 18.4 Å². The number of imidazole rings is 1. The lowest BCUT2D eigenvalue weighted by Crippen LogP contribution is -2.24. The van der Waals surface area contributed by atoms with Crippen LogP contribution in [0, 0.1) is 0 Å². The number of hydrogen-bond acceptors (Lipinski definition) is 6. The Morgan fingerprint density at radius 3 is 2.45 bits per heavy atom. The molecule has 1 aliphatic rings. The third-order valence-electron chi connectivity index (χ3n) is 6.00. The maximum absolute atomic E-state index is 12.9. The van der Waals surface area contributed by atoms with Gasteiger partial charge < -0.3 is 14.9 Å². The second-order valence-electron chi connectivity index (χ2n) is 9.10. The van der Waals surface area contributed by atoms with Crippen molar-refractivity contribution in [3.63, 3.8) is 0 Å². The molecule has 2 aromatic heterocycles. The first kappa shape index (κ1) is 25.1.